The molecule has 0 spiro atoms. The minimum absolute atomic E-state index is 0.0400. The van der Waals surface area contributed by atoms with Crippen LogP contribution in [0.3, 0.4) is 0 Å². The maximum atomic E-state index is 12.4. The molecule has 0 unspecified atom stereocenters. The number of thioether (sulfide) groups is 1. The third-order valence-corrected chi connectivity index (χ3v) is 3.55. The Morgan fingerprint density at radius 3 is 2.95 bits per heavy atom. The highest BCUT2D eigenvalue weighted by molar-refractivity contribution is 7.98. The van der Waals surface area contributed by atoms with Gasteiger partial charge in [0.25, 0.3) is 0 Å². The fraction of sp³-hybridized carbons (Fsp3) is 0.571. The molecule has 1 amide bonds. The van der Waals surface area contributed by atoms with Crippen molar-refractivity contribution in [1.82, 2.24) is 9.88 Å². The zero-order valence-corrected chi connectivity index (χ0v) is 12.9. The molecule has 1 atom stereocenters. The number of methoxy groups -OCH3 is 1. The number of hydrogen-bond acceptors (Lipinski definition) is 5. The lowest BCUT2D eigenvalue weighted by molar-refractivity contribution is -0.134. The maximum Gasteiger partial charge on any atom is 0.239 e. The van der Waals surface area contributed by atoms with Gasteiger partial charge in [-0.3, -0.25) is 9.78 Å². The van der Waals surface area contributed by atoms with Gasteiger partial charge in [-0.25, -0.2) is 0 Å². The molecule has 0 aliphatic heterocycles. The van der Waals surface area contributed by atoms with Crippen molar-refractivity contribution >= 4 is 17.7 Å². The van der Waals surface area contributed by atoms with Crippen molar-refractivity contribution in [1.29, 1.82) is 0 Å². The first-order valence-corrected chi connectivity index (χ1v) is 8.00. The van der Waals surface area contributed by atoms with E-state index in [9.17, 15) is 4.79 Å². The second kappa shape index (κ2) is 9.74. The van der Waals surface area contributed by atoms with Crippen LogP contribution in [0.1, 0.15) is 12.1 Å². The van der Waals surface area contributed by atoms with Crippen LogP contribution in [0.5, 0.6) is 0 Å². The third kappa shape index (κ3) is 5.90. The summed E-state index contributed by atoms with van der Waals surface area (Å²) in [6, 6.07) is 5.22. The highest BCUT2D eigenvalue weighted by atomic mass is 32.2. The molecule has 0 fully saturated rings. The van der Waals surface area contributed by atoms with Crippen molar-refractivity contribution in [2.75, 3.05) is 32.3 Å². The molecule has 1 heterocycles. The molecular formula is C14H23N3O2S. The van der Waals surface area contributed by atoms with Crippen molar-refractivity contribution < 1.29 is 9.53 Å². The number of nitrogens with two attached hydrogens (primary N) is 1. The zero-order chi connectivity index (χ0) is 14.8. The second-order valence-corrected chi connectivity index (χ2v) is 5.45. The lowest BCUT2D eigenvalue weighted by Crippen LogP contribution is -2.45. The van der Waals surface area contributed by atoms with Gasteiger partial charge in [-0.2, -0.15) is 11.8 Å². The number of rotatable bonds is 9. The van der Waals surface area contributed by atoms with Crippen LogP contribution in [0.2, 0.25) is 0 Å². The molecule has 20 heavy (non-hydrogen) atoms. The average molecular weight is 297 g/mol. The van der Waals surface area contributed by atoms with Gasteiger partial charge in [-0.1, -0.05) is 6.07 Å². The van der Waals surface area contributed by atoms with Gasteiger partial charge in [-0.15, -0.1) is 0 Å². The Morgan fingerprint density at radius 2 is 2.35 bits per heavy atom. The molecule has 0 aliphatic rings. The Bertz CT molecular complexity index is 389. The molecule has 0 radical (unpaired) electrons. The van der Waals surface area contributed by atoms with Gasteiger partial charge in [0, 0.05) is 19.9 Å². The first-order chi connectivity index (χ1) is 9.69. The fourth-order valence-corrected chi connectivity index (χ4v) is 2.25. The molecule has 5 nitrogen and oxygen atoms in total. The van der Waals surface area contributed by atoms with Crippen LogP contribution in [0.15, 0.2) is 24.4 Å². The van der Waals surface area contributed by atoms with Crippen molar-refractivity contribution in [2.45, 2.75) is 19.0 Å². The largest absolute Gasteiger partial charge is 0.383 e. The van der Waals surface area contributed by atoms with Gasteiger partial charge in [0.15, 0.2) is 0 Å². The van der Waals surface area contributed by atoms with Gasteiger partial charge in [0.05, 0.1) is 24.9 Å². The van der Waals surface area contributed by atoms with E-state index in [2.05, 4.69) is 4.98 Å². The van der Waals surface area contributed by atoms with E-state index in [0.29, 0.717) is 26.1 Å². The number of hydrogen-bond donors (Lipinski definition) is 1. The van der Waals surface area contributed by atoms with Crippen LogP contribution in [0, 0.1) is 0 Å². The van der Waals surface area contributed by atoms with Crippen LogP contribution >= 0.6 is 11.8 Å². The number of carbonyl (C=O) groups is 1. The highest BCUT2D eigenvalue weighted by Gasteiger charge is 2.20. The van der Waals surface area contributed by atoms with Gasteiger partial charge < -0.3 is 15.4 Å². The molecule has 0 aromatic carbocycles. The number of ether oxygens (including phenoxy) is 1. The Balaban J connectivity index is 2.65. The number of aromatic nitrogens is 1. The number of nitrogens with zero attached hydrogens (tertiary/aromatic N) is 2. The van der Waals surface area contributed by atoms with Crippen molar-refractivity contribution in [2.24, 2.45) is 5.73 Å². The monoisotopic (exact) mass is 297 g/mol. The van der Waals surface area contributed by atoms with Crippen molar-refractivity contribution in [3.05, 3.63) is 30.1 Å². The third-order valence-electron chi connectivity index (χ3n) is 2.91. The zero-order valence-electron chi connectivity index (χ0n) is 12.1. The van der Waals surface area contributed by atoms with E-state index in [-0.39, 0.29) is 5.91 Å². The predicted octanol–water partition coefficient (Wildman–Crippen LogP) is 1.14. The minimum Gasteiger partial charge on any atom is -0.383 e. The van der Waals surface area contributed by atoms with Gasteiger partial charge in [-0.05, 0) is 30.6 Å². The highest BCUT2D eigenvalue weighted by Crippen LogP contribution is 2.06. The van der Waals surface area contributed by atoms with Crippen LogP contribution < -0.4 is 5.73 Å². The van der Waals surface area contributed by atoms with Gasteiger partial charge in [0.2, 0.25) is 5.91 Å². The summed E-state index contributed by atoms with van der Waals surface area (Å²) in [6.07, 6.45) is 4.42. The summed E-state index contributed by atoms with van der Waals surface area (Å²) < 4.78 is 5.06. The van der Waals surface area contributed by atoms with E-state index >= 15 is 0 Å². The molecule has 0 saturated carbocycles. The SMILES string of the molecule is COCCN(Cc1ccccn1)C(=O)[C@H](N)CCSC. The van der Waals surface area contributed by atoms with Gasteiger partial charge >= 0.3 is 0 Å². The topological polar surface area (TPSA) is 68.5 Å². The minimum atomic E-state index is -0.456. The Labute approximate surface area is 124 Å². The second-order valence-electron chi connectivity index (χ2n) is 4.46. The van der Waals surface area contributed by atoms with E-state index in [0.717, 1.165) is 11.4 Å². The molecule has 1 aromatic heterocycles. The first kappa shape index (κ1) is 16.9. The number of carbonyl (C=O) groups excluding carboxylic acids is 1. The lowest BCUT2D eigenvalue weighted by Gasteiger charge is -2.25. The smallest absolute Gasteiger partial charge is 0.239 e. The fourth-order valence-electron chi connectivity index (χ4n) is 1.76. The molecule has 0 saturated heterocycles. The van der Waals surface area contributed by atoms with E-state index in [1.165, 1.54) is 0 Å². The molecule has 6 heteroatoms. The predicted molar refractivity (Wildman–Crippen MR) is 82.5 cm³/mol. The average Bonchev–Trinajstić information content (AvgIpc) is 2.49. The summed E-state index contributed by atoms with van der Waals surface area (Å²) in [6.45, 7) is 1.49. The number of pyridine rings is 1. The number of amides is 1. The summed E-state index contributed by atoms with van der Waals surface area (Å²) in [5.74, 6) is 0.843. The van der Waals surface area contributed by atoms with Crippen molar-refractivity contribution in [3.63, 3.8) is 0 Å². The van der Waals surface area contributed by atoms with Crippen molar-refractivity contribution in [3.8, 4) is 0 Å². The summed E-state index contributed by atoms with van der Waals surface area (Å²) in [7, 11) is 1.62. The Hall–Kier alpha value is -1.11. The van der Waals surface area contributed by atoms with Crippen LogP contribution in [0.4, 0.5) is 0 Å². The van der Waals surface area contributed by atoms with E-state index in [4.69, 9.17) is 10.5 Å². The molecule has 2 N–H and O–H groups in total. The molecule has 0 bridgehead atoms. The molecule has 1 aromatic rings. The van der Waals surface area contributed by atoms with E-state index < -0.39 is 6.04 Å². The van der Waals surface area contributed by atoms with E-state index in [1.54, 1.807) is 30.0 Å². The van der Waals surface area contributed by atoms with Crippen LogP contribution in [0.25, 0.3) is 0 Å². The summed E-state index contributed by atoms with van der Waals surface area (Å²) >= 11 is 1.69. The molecule has 0 aliphatic carbocycles. The lowest BCUT2D eigenvalue weighted by atomic mass is 10.2. The Morgan fingerprint density at radius 1 is 1.55 bits per heavy atom. The van der Waals surface area contributed by atoms with Crippen LogP contribution in [-0.2, 0) is 16.1 Å². The van der Waals surface area contributed by atoms with Crippen LogP contribution in [-0.4, -0.2) is 54.1 Å². The molecule has 112 valence electrons. The van der Waals surface area contributed by atoms with Gasteiger partial charge in [0.1, 0.15) is 0 Å². The molecule has 1 rings (SSSR count). The summed E-state index contributed by atoms with van der Waals surface area (Å²) in [5.41, 5.74) is 6.82. The summed E-state index contributed by atoms with van der Waals surface area (Å²) in [5, 5.41) is 0. The summed E-state index contributed by atoms with van der Waals surface area (Å²) in [4.78, 5) is 18.3. The first-order valence-electron chi connectivity index (χ1n) is 6.61. The van der Waals surface area contributed by atoms with E-state index in [1.807, 2.05) is 24.5 Å². The maximum absolute atomic E-state index is 12.4. The molecular weight excluding hydrogens is 274 g/mol. The standard InChI is InChI=1S/C14H23N3O2S/c1-19-9-8-17(11-12-5-3-4-7-16-12)14(18)13(15)6-10-20-2/h3-5,7,13H,6,8-11,15H2,1-2H3/t13-/m1/s1. The Kier molecular flexibility index (Phi) is 8.25. The quantitative estimate of drug-likeness (QED) is 0.740. The normalized spacial score (nSPS) is 12.2.